The summed E-state index contributed by atoms with van der Waals surface area (Å²) in [7, 11) is 0. The largest absolute Gasteiger partial charge is 0.509 e. The Bertz CT molecular complexity index is 1980. The van der Waals surface area contributed by atoms with Crippen LogP contribution in [-0.4, -0.2) is 12.0 Å². The van der Waals surface area contributed by atoms with E-state index in [1.54, 1.807) is 6.67 Å². The van der Waals surface area contributed by atoms with Crippen LogP contribution in [0.25, 0.3) is 0 Å². The fourth-order valence-corrected chi connectivity index (χ4v) is 5.47. The molecule has 2 heterocycles. The first kappa shape index (κ1) is 30.3. The van der Waals surface area contributed by atoms with Gasteiger partial charge in [0, 0.05) is 59.9 Å². The van der Waals surface area contributed by atoms with Crippen LogP contribution in [0.3, 0.4) is 0 Å². The Balaban J connectivity index is 0.00000486. The predicted octanol–water partition coefficient (Wildman–Crippen LogP) is 10.9. The smallest absolute Gasteiger partial charge is 0.135 e. The first-order chi connectivity index (χ1) is 23.0. The third-order valence-corrected chi connectivity index (χ3v) is 8.37. The van der Waals surface area contributed by atoms with Crippen molar-refractivity contribution in [3.05, 3.63) is 132 Å². The summed E-state index contributed by atoms with van der Waals surface area (Å²) in [6.45, 7) is 16.3. The third kappa shape index (κ3) is 7.26. The molecule has 0 spiro atoms. The van der Waals surface area contributed by atoms with Crippen molar-refractivity contribution in [2.75, 3.05) is 21.7 Å². The number of nitrogens with zero attached hydrogens (tertiary/aromatic N) is 4. The van der Waals surface area contributed by atoms with Crippen LogP contribution < -0.4 is 19.4 Å². The van der Waals surface area contributed by atoms with E-state index in [-0.39, 0.29) is 31.9 Å². The molecular formula is C41H43N4OPt-3. The molecule has 0 N–H and O–H groups in total. The van der Waals surface area contributed by atoms with E-state index in [1.165, 1.54) is 10.5 Å². The van der Waals surface area contributed by atoms with Crippen LogP contribution in [0, 0.1) is 32.6 Å². The van der Waals surface area contributed by atoms with E-state index in [0.717, 1.165) is 39.6 Å². The number of anilines is 6. The molecule has 5 aromatic rings. The van der Waals surface area contributed by atoms with E-state index in [2.05, 4.69) is 88.9 Å². The van der Waals surface area contributed by atoms with Gasteiger partial charge in [-0.2, -0.15) is 12.7 Å². The van der Waals surface area contributed by atoms with Gasteiger partial charge in [0.25, 0.3) is 0 Å². The normalized spacial score (nSPS) is 14.1. The molecule has 0 saturated carbocycles. The molecule has 0 aliphatic carbocycles. The molecule has 1 aromatic heterocycles. The van der Waals surface area contributed by atoms with Crippen LogP contribution >= 0.6 is 0 Å². The summed E-state index contributed by atoms with van der Waals surface area (Å²) in [6, 6.07) is 35.1. The zero-order valence-electron chi connectivity index (χ0n) is 31.3. The number of fused-ring (bicyclic) bond motifs is 1. The standard InChI is InChI=1S/C41H43N4O.Pt/c1-28-20-37-38(21-29(28)2)44(27-43(37)9)34-22-31(41(6,7)8)23-36(26-34)46-35-17-13-16-33(25-35)45(32-14-11-10-12-15-32)39-24-30(18-19-42-39)40(3,4)5;/h10-24,27H,1-9H3;/q-3;/i9D3;. The van der Waals surface area contributed by atoms with Gasteiger partial charge in [-0.05, 0) is 84.7 Å². The molecule has 5 nitrogen and oxygen atoms in total. The van der Waals surface area contributed by atoms with Gasteiger partial charge in [0.15, 0.2) is 0 Å². The number of para-hydroxylation sites is 1. The molecule has 0 fully saturated rings. The number of hydrogen-bond acceptors (Lipinski definition) is 5. The van der Waals surface area contributed by atoms with Gasteiger partial charge in [0.05, 0.1) is 0 Å². The number of ether oxygens (including phenoxy) is 1. The number of pyridine rings is 1. The molecule has 0 radical (unpaired) electrons. The molecule has 1 aliphatic heterocycles. The topological polar surface area (TPSA) is 31.8 Å². The molecule has 246 valence electrons. The van der Waals surface area contributed by atoms with Crippen molar-refractivity contribution in [2.45, 2.75) is 66.2 Å². The summed E-state index contributed by atoms with van der Waals surface area (Å²) in [5.41, 5.74) is 7.84. The predicted molar refractivity (Wildman–Crippen MR) is 191 cm³/mol. The number of rotatable bonds is 6. The second-order valence-corrected chi connectivity index (χ2v) is 14.0. The van der Waals surface area contributed by atoms with Crippen LogP contribution in [0.4, 0.5) is 34.3 Å². The Hall–Kier alpha value is -4.08. The summed E-state index contributed by atoms with van der Waals surface area (Å²) < 4.78 is 31.3. The molecule has 0 amide bonds. The second-order valence-electron chi connectivity index (χ2n) is 14.0. The van der Waals surface area contributed by atoms with Crippen molar-refractivity contribution < 1.29 is 29.9 Å². The maximum absolute atomic E-state index is 8.24. The van der Waals surface area contributed by atoms with Crippen molar-refractivity contribution in [3.63, 3.8) is 0 Å². The van der Waals surface area contributed by atoms with Gasteiger partial charge in [-0.15, -0.1) is 47.6 Å². The Morgan fingerprint density at radius 3 is 2.15 bits per heavy atom. The average molecular weight is 806 g/mol. The maximum Gasteiger partial charge on any atom is 0.135 e. The molecule has 0 atom stereocenters. The van der Waals surface area contributed by atoms with Crippen molar-refractivity contribution in [2.24, 2.45) is 0 Å². The van der Waals surface area contributed by atoms with E-state index in [9.17, 15) is 0 Å². The number of benzene rings is 4. The first-order valence-electron chi connectivity index (χ1n) is 17.1. The monoisotopic (exact) mass is 805 g/mol. The van der Waals surface area contributed by atoms with E-state index < -0.39 is 6.98 Å². The molecule has 6 heteroatoms. The molecule has 6 rings (SSSR count). The summed E-state index contributed by atoms with van der Waals surface area (Å²) in [5, 5.41) is 0. The van der Waals surface area contributed by atoms with Gasteiger partial charge < -0.3 is 19.4 Å². The Labute approximate surface area is 299 Å². The molecule has 0 unspecified atom stereocenters. The minimum Gasteiger partial charge on any atom is -0.509 e. The number of aromatic nitrogens is 1. The zero-order chi connectivity index (χ0) is 35.3. The van der Waals surface area contributed by atoms with Gasteiger partial charge in [-0.3, -0.25) is 0 Å². The SMILES string of the molecule is [2H]C([2H])([2H])N1[CH-]N(c2[c-]c(Oc3[c-]c(N(c4ccccc4)c4cc(C(C)(C)C)ccn4)ccc3)cc(C(C)(C)C)c2)c2cc(C)c(C)cc21.[Pt]. The minimum absolute atomic E-state index is 0. The van der Waals surface area contributed by atoms with Gasteiger partial charge in [0.2, 0.25) is 0 Å². The molecule has 0 saturated heterocycles. The van der Waals surface area contributed by atoms with Crippen LogP contribution in [-0.2, 0) is 31.9 Å². The minimum atomic E-state index is -2.35. The molecule has 47 heavy (non-hydrogen) atoms. The van der Waals surface area contributed by atoms with Crippen molar-refractivity contribution in [1.29, 1.82) is 0 Å². The van der Waals surface area contributed by atoms with Crippen LogP contribution in [0.2, 0.25) is 0 Å². The van der Waals surface area contributed by atoms with E-state index in [1.807, 2.05) is 79.5 Å². The third-order valence-electron chi connectivity index (χ3n) is 8.37. The summed E-state index contributed by atoms with van der Waals surface area (Å²) >= 11 is 0. The van der Waals surface area contributed by atoms with Crippen molar-refractivity contribution in [1.82, 2.24) is 4.98 Å². The average Bonchev–Trinajstić information content (AvgIpc) is 3.40. The zero-order valence-corrected chi connectivity index (χ0v) is 30.5. The number of hydrogen-bond donors (Lipinski definition) is 0. The van der Waals surface area contributed by atoms with Crippen LogP contribution in [0.5, 0.6) is 11.5 Å². The Morgan fingerprint density at radius 2 is 1.47 bits per heavy atom. The van der Waals surface area contributed by atoms with Gasteiger partial charge in [0.1, 0.15) is 5.82 Å². The Morgan fingerprint density at radius 1 is 0.766 bits per heavy atom. The van der Waals surface area contributed by atoms with Crippen molar-refractivity contribution in [3.8, 4) is 11.5 Å². The van der Waals surface area contributed by atoms with E-state index in [0.29, 0.717) is 22.9 Å². The van der Waals surface area contributed by atoms with E-state index >= 15 is 0 Å². The summed E-state index contributed by atoms with van der Waals surface area (Å²) in [6.07, 6.45) is 1.85. The van der Waals surface area contributed by atoms with Gasteiger partial charge in [-0.25, -0.2) is 4.98 Å². The number of aryl methyl sites for hydroxylation is 2. The molecule has 4 aromatic carbocycles. The Kier molecular flexibility index (Phi) is 8.50. The van der Waals surface area contributed by atoms with Gasteiger partial charge in [-0.1, -0.05) is 65.4 Å². The van der Waals surface area contributed by atoms with Crippen molar-refractivity contribution >= 4 is 34.3 Å². The van der Waals surface area contributed by atoms with Crippen LogP contribution in [0.15, 0.2) is 91.1 Å². The molecule has 1 aliphatic rings. The second kappa shape index (κ2) is 13.2. The summed E-state index contributed by atoms with van der Waals surface area (Å²) in [4.78, 5) is 10.1. The van der Waals surface area contributed by atoms with E-state index in [4.69, 9.17) is 13.8 Å². The van der Waals surface area contributed by atoms with Crippen LogP contribution in [0.1, 0.15) is 67.9 Å². The summed E-state index contributed by atoms with van der Waals surface area (Å²) in [5.74, 6) is 1.80. The quantitative estimate of drug-likeness (QED) is 0.160. The fourth-order valence-electron chi connectivity index (χ4n) is 5.47. The fraction of sp³-hybridized carbons (Fsp3) is 0.268. The molecule has 0 bridgehead atoms. The molecular weight excluding hydrogens is 760 g/mol. The first-order valence-corrected chi connectivity index (χ1v) is 15.6. The van der Waals surface area contributed by atoms with Gasteiger partial charge >= 0.3 is 0 Å². The maximum atomic E-state index is 8.24.